The van der Waals surface area contributed by atoms with Gasteiger partial charge in [-0.05, 0) is 24.5 Å². The van der Waals surface area contributed by atoms with Crippen LogP contribution in [0.4, 0.5) is 0 Å². The van der Waals surface area contributed by atoms with Crippen LogP contribution >= 0.6 is 0 Å². The third kappa shape index (κ3) is 4.30. The van der Waals surface area contributed by atoms with Crippen LogP contribution in [0.2, 0.25) is 0 Å². The van der Waals surface area contributed by atoms with E-state index in [2.05, 4.69) is 38.1 Å². The highest BCUT2D eigenvalue weighted by Gasteiger charge is 1.98. The summed E-state index contributed by atoms with van der Waals surface area (Å²) < 4.78 is 4.99. The Hall–Kier alpha value is -1.57. The van der Waals surface area contributed by atoms with E-state index in [9.17, 15) is 4.79 Å². The lowest BCUT2D eigenvalue weighted by Crippen LogP contribution is -2.02. The number of benzene rings is 1. The molecular formula is C14H18O2. The van der Waals surface area contributed by atoms with Crippen molar-refractivity contribution in [1.82, 2.24) is 0 Å². The molecule has 1 aromatic carbocycles. The molecule has 16 heavy (non-hydrogen) atoms. The molecule has 0 aromatic heterocycles. The quantitative estimate of drug-likeness (QED) is 0.724. The van der Waals surface area contributed by atoms with E-state index >= 15 is 0 Å². The molecule has 0 N–H and O–H groups in total. The first-order valence-electron chi connectivity index (χ1n) is 5.51. The molecule has 0 radical (unpaired) electrons. The van der Waals surface area contributed by atoms with Gasteiger partial charge in [0.2, 0.25) is 0 Å². The fraction of sp³-hybridized carbons (Fsp3) is 0.357. The highest BCUT2D eigenvalue weighted by atomic mass is 16.5. The maximum atomic E-state index is 10.7. The molecule has 0 spiro atoms. The molecule has 0 amide bonds. The Balaban J connectivity index is 2.75. The maximum absolute atomic E-state index is 10.7. The van der Waals surface area contributed by atoms with Crippen LogP contribution in [-0.4, -0.2) is 12.6 Å². The van der Waals surface area contributed by atoms with Crippen molar-refractivity contribution >= 4 is 12.0 Å². The summed E-state index contributed by atoms with van der Waals surface area (Å²) in [5.74, 6) is -0.233. The number of rotatable bonds is 4. The third-order valence-electron chi connectivity index (χ3n) is 2.33. The van der Waals surface area contributed by atoms with Crippen molar-refractivity contribution in [2.45, 2.75) is 27.2 Å². The first kappa shape index (κ1) is 12.5. The Kier molecular flexibility index (Phi) is 4.77. The average molecular weight is 218 g/mol. The molecule has 0 unspecified atom stereocenters. The van der Waals surface area contributed by atoms with Crippen LogP contribution < -0.4 is 0 Å². The zero-order chi connectivity index (χ0) is 12.0. The van der Waals surface area contributed by atoms with Crippen molar-refractivity contribution in [1.29, 1.82) is 0 Å². The predicted molar refractivity (Wildman–Crippen MR) is 66.1 cm³/mol. The minimum absolute atomic E-state index is 0.233. The van der Waals surface area contributed by atoms with E-state index in [4.69, 9.17) is 4.74 Å². The summed E-state index contributed by atoms with van der Waals surface area (Å²) in [6, 6.07) is 8.26. The largest absolute Gasteiger partial charge is 0.461 e. The zero-order valence-corrected chi connectivity index (χ0v) is 10.1. The Bertz CT molecular complexity index is 391. The van der Waals surface area contributed by atoms with Crippen LogP contribution in [0, 0.1) is 6.92 Å². The van der Waals surface area contributed by atoms with Gasteiger partial charge in [0.15, 0.2) is 0 Å². The van der Waals surface area contributed by atoms with Gasteiger partial charge in [0.05, 0.1) is 0 Å². The van der Waals surface area contributed by atoms with Crippen molar-refractivity contribution in [3.05, 3.63) is 41.0 Å². The number of ether oxygens (including phenoxy) is 1. The predicted octanol–water partition coefficient (Wildman–Crippen LogP) is 3.35. The monoisotopic (exact) mass is 218 g/mol. The molecule has 2 nitrogen and oxygen atoms in total. The Morgan fingerprint density at radius 1 is 1.44 bits per heavy atom. The Morgan fingerprint density at radius 2 is 2.19 bits per heavy atom. The summed E-state index contributed by atoms with van der Waals surface area (Å²) in [5.41, 5.74) is 3.52. The number of carbonyl (C=O) groups is 1. The van der Waals surface area contributed by atoms with Gasteiger partial charge in [-0.25, -0.2) is 0 Å². The fourth-order valence-electron chi connectivity index (χ4n) is 1.44. The van der Waals surface area contributed by atoms with Gasteiger partial charge in [0.25, 0.3) is 0 Å². The molecule has 0 aliphatic rings. The molecule has 1 rings (SSSR count). The van der Waals surface area contributed by atoms with Crippen LogP contribution in [0.5, 0.6) is 0 Å². The van der Waals surface area contributed by atoms with Gasteiger partial charge < -0.3 is 4.74 Å². The van der Waals surface area contributed by atoms with Crippen molar-refractivity contribution in [3.63, 3.8) is 0 Å². The summed E-state index contributed by atoms with van der Waals surface area (Å²) >= 11 is 0. The van der Waals surface area contributed by atoms with Crippen molar-refractivity contribution in [3.8, 4) is 0 Å². The summed E-state index contributed by atoms with van der Waals surface area (Å²) in [5, 5.41) is 0. The molecule has 0 heterocycles. The van der Waals surface area contributed by atoms with Crippen molar-refractivity contribution in [2.24, 2.45) is 0 Å². The molecule has 0 bridgehead atoms. The van der Waals surface area contributed by atoms with Gasteiger partial charge in [0, 0.05) is 6.92 Å². The lowest BCUT2D eigenvalue weighted by atomic mass is 10.1. The van der Waals surface area contributed by atoms with Gasteiger partial charge in [-0.3, -0.25) is 4.79 Å². The molecule has 0 fully saturated rings. The molecule has 0 aliphatic carbocycles. The maximum Gasteiger partial charge on any atom is 0.302 e. The van der Waals surface area contributed by atoms with Crippen LogP contribution in [0.1, 0.15) is 31.4 Å². The van der Waals surface area contributed by atoms with Crippen LogP contribution in [0.3, 0.4) is 0 Å². The van der Waals surface area contributed by atoms with Gasteiger partial charge in [0.1, 0.15) is 6.61 Å². The van der Waals surface area contributed by atoms with E-state index in [1.807, 2.05) is 6.07 Å². The summed E-state index contributed by atoms with van der Waals surface area (Å²) in [6.45, 7) is 5.94. The topological polar surface area (TPSA) is 26.3 Å². The highest BCUT2D eigenvalue weighted by Crippen LogP contribution is 2.11. The van der Waals surface area contributed by atoms with Crippen LogP contribution in [0.15, 0.2) is 29.8 Å². The summed E-state index contributed by atoms with van der Waals surface area (Å²) in [6.07, 6.45) is 2.97. The number of hydrogen-bond acceptors (Lipinski definition) is 2. The smallest absolute Gasteiger partial charge is 0.302 e. The molecule has 0 saturated carbocycles. The molecular weight excluding hydrogens is 200 g/mol. The average Bonchev–Trinajstić information content (AvgIpc) is 2.24. The summed E-state index contributed by atoms with van der Waals surface area (Å²) in [4.78, 5) is 10.7. The van der Waals surface area contributed by atoms with Crippen LogP contribution in [-0.2, 0) is 9.53 Å². The molecule has 0 aliphatic heterocycles. The molecule has 1 aromatic rings. The summed E-state index contributed by atoms with van der Waals surface area (Å²) in [7, 11) is 0. The number of carbonyl (C=O) groups excluding carboxylic acids is 1. The van der Waals surface area contributed by atoms with Gasteiger partial charge in [-0.1, -0.05) is 42.8 Å². The van der Waals surface area contributed by atoms with Gasteiger partial charge >= 0.3 is 5.97 Å². The van der Waals surface area contributed by atoms with E-state index in [0.29, 0.717) is 6.61 Å². The highest BCUT2D eigenvalue weighted by molar-refractivity contribution is 5.66. The minimum atomic E-state index is -0.233. The standard InChI is InChI=1S/C14H18O2/c1-4-13(10-16-12(3)15)9-14-7-5-6-11(2)8-14/h5-9H,4,10H2,1-3H3. The van der Waals surface area contributed by atoms with E-state index in [0.717, 1.165) is 17.6 Å². The van der Waals surface area contributed by atoms with Gasteiger partial charge in [-0.15, -0.1) is 0 Å². The minimum Gasteiger partial charge on any atom is -0.461 e. The van der Waals surface area contributed by atoms with Gasteiger partial charge in [-0.2, -0.15) is 0 Å². The molecule has 86 valence electrons. The van der Waals surface area contributed by atoms with E-state index < -0.39 is 0 Å². The van der Waals surface area contributed by atoms with E-state index in [-0.39, 0.29) is 5.97 Å². The lowest BCUT2D eigenvalue weighted by Gasteiger charge is -2.05. The second-order valence-corrected chi connectivity index (χ2v) is 3.85. The number of aryl methyl sites for hydroxylation is 1. The fourth-order valence-corrected chi connectivity index (χ4v) is 1.44. The second-order valence-electron chi connectivity index (χ2n) is 3.85. The normalized spacial score (nSPS) is 11.3. The van der Waals surface area contributed by atoms with E-state index in [1.54, 1.807) is 0 Å². The Labute approximate surface area is 96.9 Å². The second kappa shape index (κ2) is 6.11. The number of hydrogen-bond donors (Lipinski definition) is 0. The van der Waals surface area contributed by atoms with E-state index in [1.165, 1.54) is 12.5 Å². The molecule has 0 saturated heterocycles. The number of esters is 1. The van der Waals surface area contributed by atoms with Crippen molar-refractivity contribution < 1.29 is 9.53 Å². The first-order chi connectivity index (χ1) is 7.61. The first-order valence-corrected chi connectivity index (χ1v) is 5.51. The van der Waals surface area contributed by atoms with Crippen molar-refractivity contribution in [2.75, 3.05) is 6.61 Å². The lowest BCUT2D eigenvalue weighted by molar-refractivity contribution is -0.139. The SMILES string of the molecule is CCC(=Cc1cccc(C)c1)COC(C)=O. The van der Waals surface area contributed by atoms with Crippen LogP contribution in [0.25, 0.3) is 6.08 Å². The molecule has 2 heteroatoms. The zero-order valence-electron chi connectivity index (χ0n) is 10.1. The Morgan fingerprint density at radius 3 is 2.75 bits per heavy atom. The third-order valence-corrected chi connectivity index (χ3v) is 2.33. The molecule has 0 atom stereocenters.